The molecule has 1 aliphatic rings. The second kappa shape index (κ2) is 2.20. The summed E-state index contributed by atoms with van der Waals surface area (Å²) in [6.45, 7) is 3.85. The van der Waals surface area contributed by atoms with Gasteiger partial charge in [0.05, 0.1) is 0 Å². The maximum atomic E-state index is 5.61. The van der Waals surface area contributed by atoms with Gasteiger partial charge in [-0.1, -0.05) is 6.58 Å². The number of benzene rings is 1. The first-order valence-electron chi connectivity index (χ1n) is 3.29. The van der Waals surface area contributed by atoms with Crippen molar-refractivity contribution in [2.45, 2.75) is 4.90 Å². The highest BCUT2D eigenvalue weighted by atomic mass is 32.2. The number of anilines is 1. The highest BCUT2D eigenvalue weighted by Gasteiger charge is 2.13. The Morgan fingerprint density at radius 2 is 2.27 bits per heavy atom. The van der Waals surface area contributed by atoms with Crippen LogP contribution in [0.25, 0.3) is 5.70 Å². The molecule has 2 rings (SSSR count). The molecule has 0 amide bonds. The number of hydrogen-bond donors (Lipinski definition) is 2. The molecule has 0 aromatic heterocycles. The molecule has 0 spiro atoms. The zero-order chi connectivity index (χ0) is 7.84. The van der Waals surface area contributed by atoms with Gasteiger partial charge < -0.3 is 10.5 Å². The number of nitrogen functional groups attached to an aromatic ring is 1. The Morgan fingerprint density at radius 1 is 1.45 bits per heavy atom. The van der Waals surface area contributed by atoms with Crippen LogP contribution in [0.5, 0.6) is 0 Å². The van der Waals surface area contributed by atoms with Crippen molar-refractivity contribution < 1.29 is 0 Å². The predicted octanol–water partition coefficient (Wildman–Crippen LogP) is 1.85. The van der Waals surface area contributed by atoms with Crippen LogP contribution in [0.3, 0.4) is 0 Å². The molecule has 0 bridgehead atoms. The fourth-order valence-electron chi connectivity index (χ4n) is 1.04. The lowest BCUT2D eigenvalue weighted by atomic mass is 10.1. The molecule has 0 radical (unpaired) electrons. The second-order valence-corrected chi connectivity index (χ2v) is 3.29. The summed E-state index contributed by atoms with van der Waals surface area (Å²) in [4.78, 5) is 1.20. The smallest absolute Gasteiger partial charge is 0.0456 e. The van der Waals surface area contributed by atoms with Crippen molar-refractivity contribution in [2.24, 2.45) is 0 Å². The molecule has 11 heavy (non-hydrogen) atoms. The number of nitrogens with two attached hydrogens (primary N) is 1. The third-order valence-electron chi connectivity index (χ3n) is 1.61. The van der Waals surface area contributed by atoms with Gasteiger partial charge in [-0.3, -0.25) is 0 Å². The maximum absolute atomic E-state index is 5.61. The molecule has 0 unspecified atom stereocenters. The van der Waals surface area contributed by atoms with Gasteiger partial charge in [0.15, 0.2) is 0 Å². The largest absolute Gasteiger partial charge is 0.399 e. The molecule has 2 nitrogen and oxygen atoms in total. The molecule has 1 aromatic rings. The van der Waals surface area contributed by atoms with Gasteiger partial charge in [-0.25, -0.2) is 0 Å². The maximum Gasteiger partial charge on any atom is 0.0456 e. The minimum atomic E-state index is 0.786. The van der Waals surface area contributed by atoms with Crippen LogP contribution in [0.4, 0.5) is 5.69 Å². The van der Waals surface area contributed by atoms with Crippen molar-refractivity contribution in [1.29, 1.82) is 0 Å². The van der Waals surface area contributed by atoms with E-state index in [1.807, 2.05) is 18.2 Å². The van der Waals surface area contributed by atoms with E-state index in [4.69, 9.17) is 5.73 Å². The Morgan fingerprint density at radius 3 is 3.09 bits per heavy atom. The predicted molar refractivity (Wildman–Crippen MR) is 48.9 cm³/mol. The van der Waals surface area contributed by atoms with E-state index < -0.39 is 0 Å². The molecule has 56 valence electrons. The van der Waals surface area contributed by atoms with Crippen LogP contribution >= 0.6 is 11.9 Å². The van der Waals surface area contributed by atoms with E-state index in [0.29, 0.717) is 0 Å². The molecule has 0 fully saturated rings. The van der Waals surface area contributed by atoms with E-state index in [0.717, 1.165) is 16.9 Å². The van der Waals surface area contributed by atoms with Crippen LogP contribution in [-0.4, -0.2) is 0 Å². The number of fused-ring (bicyclic) bond motifs is 1. The molecule has 3 N–H and O–H groups in total. The van der Waals surface area contributed by atoms with Crippen LogP contribution in [0.1, 0.15) is 5.56 Å². The summed E-state index contributed by atoms with van der Waals surface area (Å²) in [5.41, 5.74) is 8.46. The number of hydrogen-bond acceptors (Lipinski definition) is 3. The Hall–Kier alpha value is -1.09. The number of rotatable bonds is 0. The Bertz CT molecular complexity index is 320. The summed E-state index contributed by atoms with van der Waals surface area (Å²) in [7, 11) is 0. The first kappa shape index (κ1) is 6.61. The lowest BCUT2D eigenvalue weighted by Gasteiger charge is -1.97. The van der Waals surface area contributed by atoms with Crippen molar-refractivity contribution in [3.8, 4) is 0 Å². The summed E-state index contributed by atoms with van der Waals surface area (Å²) < 4.78 is 3.08. The van der Waals surface area contributed by atoms with Crippen LogP contribution in [-0.2, 0) is 0 Å². The van der Waals surface area contributed by atoms with Crippen molar-refractivity contribution in [1.82, 2.24) is 4.72 Å². The summed E-state index contributed by atoms with van der Waals surface area (Å²) >= 11 is 1.58. The summed E-state index contributed by atoms with van der Waals surface area (Å²) in [6, 6.07) is 5.83. The minimum absolute atomic E-state index is 0.786. The van der Waals surface area contributed by atoms with Crippen molar-refractivity contribution in [3.63, 3.8) is 0 Å². The zero-order valence-electron chi connectivity index (χ0n) is 5.92. The third-order valence-corrected chi connectivity index (χ3v) is 2.54. The van der Waals surface area contributed by atoms with E-state index in [2.05, 4.69) is 11.3 Å². The first-order valence-corrected chi connectivity index (χ1v) is 4.11. The normalized spacial score (nSPS) is 14.4. The molecular formula is C8H8N2S. The SMILES string of the molecule is C=C1NSc2ccc(N)cc21. The van der Waals surface area contributed by atoms with Gasteiger partial charge in [-0.15, -0.1) is 0 Å². The quantitative estimate of drug-likeness (QED) is 0.454. The van der Waals surface area contributed by atoms with Crippen LogP contribution in [0.2, 0.25) is 0 Å². The average Bonchev–Trinajstić information content (AvgIpc) is 2.33. The topological polar surface area (TPSA) is 38.0 Å². The van der Waals surface area contributed by atoms with Crippen molar-refractivity contribution in [2.75, 3.05) is 5.73 Å². The molecular weight excluding hydrogens is 156 g/mol. The van der Waals surface area contributed by atoms with E-state index >= 15 is 0 Å². The second-order valence-electron chi connectivity index (χ2n) is 2.44. The fourth-order valence-corrected chi connectivity index (χ4v) is 1.82. The highest BCUT2D eigenvalue weighted by Crippen LogP contribution is 2.34. The average molecular weight is 164 g/mol. The van der Waals surface area contributed by atoms with Gasteiger partial charge in [0.2, 0.25) is 0 Å². The first-order chi connectivity index (χ1) is 5.27. The van der Waals surface area contributed by atoms with E-state index in [1.54, 1.807) is 11.9 Å². The van der Waals surface area contributed by atoms with Gasteiger partial charge >= 0.3 is 0 Å². The summed E-state index contributed by atoms with van der Waals surface area (Å²) in [6.07, 6.45) is 0. The molecule has 3 heteroatoms. The highest BCUT2D eigenvalue weighted by molar-refractivity contribution is 7.98. The van der Waals surface area contributed by atoms with Gasteiger partial charge in [-0.05, 0) is 30.1 Å². The molecule has 1 heterocycles. The van der Waals surface area contributed by atoms with Gasteiger partial charge in [0.25, 0.3) is 0 Å². The van der Waals surface area contributed by atoms with Gasteiger partial charge in [0.1, 0.15) is 0 Å². The standard InChI is InChI=1S/C8H8N2S/c1-5-7-4-6(9)2-3-8(7)11-10-5/h2-4,10H,1,9H2. The van der Waals surface area contributed by atoms with E-state index in [-0.39, 0.29) is 0 Å². The number of nitrogens with one attached hydrogen (secondary N) is 1. The lowest BCUT2D eigenvalue weighted by molar-refractivity contribution is 1.41. The van der Waals surface area contributed by atoms with Crippen molar-refractivity contribution in [3.05, 3.63) is 30.3 Å². The molecule has 0 aliphatic carbocycles. The molecule has 0 saturated heterocycles. The molecule has 0 atom stereocenters. The van der Waals surface area contributed by atoms with Gasteiger partial charge in [-0.2, -0.15) is 0 Å². The molecule has 0 saturated carbocycles. The van der Waals surface area contributed by atoms with E-state index in [9.17, 15) is 0 Å². The van der Waals surface area contributed by atoms with E-state index in [1.165, 1.54) is 4.90 Å². The van der Waals surface area contributed by atoms with Crippen LogP contribution in [0.15, 0.2) is 29.7 Å². The third kappa shape index (κ3) is 0.973. The Balaban J connectivity index is 2.60. The minimum Gasteiger partial charge on any atom is -0.399 e. The Labute approximate surface area is 69.6 Å². The zero-order valence-corrected chi connectivity index (χ0v) is 6.74. The molecule has 1 aliphatic heterocycles. The fraction of sp³-hybridized carbons (Fsp3) is 0. The monoisotopic (exact) mass is 164 g/mol. The molecule has 1 aromatic carbocycles. The van der Waals surface area contributed by atoms with Crippen LogP contribution < -0.4 is 10.5 Å². The van der Waals surface area contributed by atoms with Crippen LogP contribution in [0, 0.1) is 0 Å². The summed E-state index contributed by atoms with van der Waals surface area (Å²) in [5.74, 6) is 0. The van der Waals surface area contributed by atoms with Crippen molar-refractivity contribution >= 4 is 23.3 Å². The lowest BCUT2D eigenvalue weighted by Crippen LogP contribution is -1.90. The summed E-state index contributed by atoms with van der Waals surface area (Å²) in [5, 5.41) is 0. The van der Waals surface area contributed by atoms with Gasteiger partial charge in [0, 0.05) is 21.8 Å². The Kier molecular flexibility index (Phi) is 1.32.